The highest BCUT2D eigenvalue weighted by Gasteiger charge is 2.29. The van der Waals surface area contributed by atoms with Crippen molar-refractivity contribution in [1.29, 1.82) is 0 Å². The van der Waals surface area contributed by atoms with Gasteiger partial charge in [-0.2, -0.15) is 0 Å². The number of carbonyl (C=O) groups is 1. The lowest BCUT2D eigenvalue weighted by Gasteiger charge is -2.32. The summed E-state index contributed by atoms with van der Waals surface area (Å²) in [5.74, 6) is 0.493. The van der Waals surface area contributed by atoms with Crippen LogP contribution in [-0.2, 0) is 16.1 Å². The molecule has 1 aliphatic heterocycles. The van der Waals surface area contributed by atoms with E-state index in [0.29, 0.717) is 31.1 Å². The summed E-state index contributed by atoms with van der Waals surface area (Å²) in [6.45, 7) is 3.40. The fourth-order valence-corrected chi connectivity index (χ4v) is 2.69. The molecule has 1 amide bonds. The monoisotopic (exact) mass is 315 g/mol. The molecule has 0 spiro atoms. The first-order valence-electron chi connectivity index (χ1n) is 7.82. The van der Waals surface area contributed by atoms with Crippen molar-refractivity contribution in [3.63, 3.8) is 0 Å². The maximum absolute atomic E-state index is 12.3. The number of furan rings is 1. The molecule has 2 heterocycles. The van der Waals surface area contributed by atoms with Crippen LogP contribution < -0.4 is 5.32 Å². The van der Waals surface area contributed by atoms with Crippen molar-refractivity contribution in [3.8, 4) is 0 Å². The smallest absolute Gasteiger partial charge is 0.255 e. The number of benzene rings is 1. The van der Waals surface area contributed by atoms with Gasteiger partial charge in [-0.15, -0.1) is 0 Å². The second-order valence-corrected chi connectivity index (χ2v) is 5.67. The van der Waals surface area contributed by atoms with Gasteiger partial charge in [0.15, 0.2) is 0 Å². The summed E-state index contributed by atoms with van der Waals surface area (Å²) >= 11 is 0. The van der Waals surface area contributed by atoms with Crippen LogP contribution in [0.15, 0.2) is 47.1 Å². The lowest BCUT2D eigenvalue weighted by Crippen LogP contribution is -2.50. The Balaban J connectivity index is 1.60. The highest BCUT2D eigenvalue weighted by molar-refractivity contribution is 5.95. The molecule has 1 aromatic heterocycles. The number of amides is 1. The van der Waals surface area contributed by atoms with E-state index < -0.39 is 0 Å². The molecule has 3 rings (SSSR count). The van der Waals surface area contributed by atoms with Crippen molar-refractivity contribution in [2.24, 2.45) is 0 Å². The first kappa shape index (κ1) is 15.8. The van der Waals surface area contributed by atoms with Crippen molar-refractivity contribution < 1.29 is 18.7 Å². The Morgan fingerprint density at radius 1 is 1.30 bits per heavy atom. The molecule has 5 nitrogen and oxygen atoms in total. The molecule has 2 aromatic rings. The topological polar surface area (TPSA) is 60.7 Å². The number of hydrogen-bond acceptors (Lipinski definition) is 4. The molecular weight excluding hydrogens is 294 g/mol. The minimum Gasteiger partial charge on any atom is -0.469 e. The van der Waals surface area contributed by atoms with Gasteiger partial charge in [0.05, 0.1) is 31.1 Å². The molecule has 0 radical (unpaired) electrons. The van der Waals surface area contributed by atoms with E-state index in [1.807, 2.05) is 30.3 Å². The van der Waals surface area contributed by atoms with Gasteiger partial charge in [0.1, 0.15) is 11.9 Å². The zero-order valence-electron chi connectivity index (χ0n) is 13.2. The van der Waals surface area contributed by atoms with Gasteiger partial charge in [-0.25, -0.2) is 0 Å². The zero-order valence-corrected chi connectivity index (χ0v) is 13.2. The first-order chi connectivity index (χ1) is 11.2. The summed E-state index contributed by atoms with van der Waals surface area (Å²) in [5, 5.41) is 3.04. The Morgan fingerprint density at radius 2 is 2.13 bits per heavy atom. The maximum atomic E-state index is 12.3. The van der Waals surface area contributed by atoms with Crippen molar-refractivity contribution in [3.05, 3.63) is 59.5 Å². The zero-order chi connectivity index (χ0) is 16.1. The average molecular weight is 315 g/mol. The van der Waals surface area contributed by atoms with Gasteiger partial charge in [0, 0.05) is 6.61 Å². The van der Waals surface area contributed by atoms with Crippen LogP contribution in [0.1, 0.15) is 28.1 Å². The van der Waals surface area contributed by atoms with E-state index in [4.69, 9.17) is 13.9 Å². The fraction of sp³-hybridized carbons (Fsp3) is 0.389. The predicted molar refractivity (Wildman–Crippen MR) is 85.2 cm³/mol. The number of rotatable bonds is 5. The number of ether oxygens (including phenoxy) is 2. The molecule has 1 N–H and O–H groups in total. The minimum absolute atomic E-state index is 0.0609. The molecule has 0 saturated carbocycles. The number of carbonyl (C=O) groups excluding carboxylic acids is 1. The van der Waals surface area contributed by atoms with E-state index in [2.05, 4.69) is 5.32 Å². The molecule has 0 bridgehead atoms. The summed E-state index contributed by atoms with van der Waals surface area (Å²) in [4.78, 5) is 12.3. The van der Waals surface area contributed by atoms with Gasteiger partial charge >= 0.3 is 0 Å². The highest BCUT2D eigenvalue weighted by Crippen LogP contribution is 2.16. The summed E-state index contributed by atoms with van der Waals surface area (Å²) in [6.07, 6.45) is 2.11. The predicted octanol–water partition coefficient (Wildman–Crippen LogP) is 2.69. The van der Waals surface area contributed by atoms with Crippen LogP contribution in [0.25, 0.3) is 0 Å². The summed E-state index contributed by atoms with van der Waals surface area (Å²) in [5.41, 5.74) is 1.67. The molecule has 23 heavy (non-hydrogen) atoms. The molecule has 1 fully saturated rings. The standard InChI is InChI=1S/C18H21NO4/c1-13-15(7-10-22-13)18(20)19-16-8-9-21-12-17(16)23-11-14-5-3-2-4-6-14/h2-7,10,16-17H,8-9,11-12H2,1H3,(H,19,20)/t16-,17-/m1/s1. The third kappa shape index (κ3) is 4.00. The van der Waals surface area contributed by atoms with Crippen molar-refractivity contribution in [2.75, 3.05) is 13.2 Å². The molecule has 1 aliphatic rings. The van der Waals surface area contributed by atoms with E-state index in [1.165, 1.54) is 6.26 Å². The Labute approximate surface area is 135 Å². The Morgan fingerprint density at radius 3 is 2.87 bits per heavy atom. The average Bonchev–Trinajstić information content (AvgIpc) is 3.01. The van der Waals surface area contributed by atoms with Crippen molar-refractivity contribution in [2.45, 2.75) is 32.1 Å². The Kier molecular flexibility index (Phi) is 5.10. The van der Waals surface area contributed by atoms with Crippen molar-refractivity contribution >= 4 is 5.91 Å². The third-order valence-electron chi connectivity index (χ3n) is 4.03. The van der Waals surface area contributed by atoms with Crippen LogP contribution >= 0.6 is 0 Å². The summed E-state index contributed by atoms with van der Waals surface area (Å²) in [7, 11) is 0. The minimum atomic E-state index is -0.153. The van der Waals surface area contributed by atoms with Gasteiger partial charge in [-0.05, 0) is 25.0 Å². The highest BCUT2D eigenvalue weighted by atomic mass is 16.5. The van der Waals surface area contributed by atoms with Gasteiger partial charge in [-0.3, -0.25) is 4.79 Å². The number of hydrogen-bond donors (Lipinski definition) is 1. The molecule has 2 atom stereocenters. The largest absolute Gasteiger partial charge is 0.469 e. The van der Waals surface area contributed by atoms with Crippen LogP contribution in [0.4, 0.5) is 0 Å². The van der Waals surface area contributed by atoms with Gasteiger partial charge < -0.3 is 19.2 Å². The SMILES string of the molecule is Cc1occc1C(=O)N[C@@H]1CCOC[C@H]1OCc1ccccc1. The lowest BCUT2D eigenvalue weighted by atomic mass is 10.1. The van der Waals surface area contributed by atoms with Gasteiger partial charge in [0.2, 0.25) is 0 Å². The number of aryl methyl sites for hydroxylation is 1. The maximum Gasteiger partial charge on any atom is 0.255 e. The molecule has 122 valence electrons. The Hall–Kier alpha value is -2.11. The molecule has 0 unspecified atom stereocenters. The quantitative estimate of drug-likeness (QED) is 0.921. The van der Waals surface area contributed by atoms with Crippen LogP contribution in [-0.4, -0.2) is 31.3 Å². The van der Waals surface area contributed by atoms with Crippen molar-refractivity contribution in [1.82, 2.24) is 5.32 Å². The first-order valence-corrected chi connectivity index (χ1v) is 7.82. The molecule has 1 saturated heterocycles. The molecular formula is C18H21NO4. The van der Waals surface area contributed by atoms with E-state index in [0.717, 1.165) is 12.0 Å². The number of nitrogens with one attached hydrogen (secondary N) is 1. The van der Waals surface area contributed by atoms with E-state index in [-0.39, 0.29) is 18.1 Å². The van der Waals surface area contributed by atoms with Gasteiger partial charge in [0.25, 0.3) is 5.91 Å². The third-order valence-corrected chi connectivity index (χ3v) is 4.03. The normalized spacial score (nSPS) is 21.1. The second-order valence-electron chi connectivity index (χ2n) is 5.67. The van der Waals surface area contributed by atoms with Crippen LogP contribution in [0, 0.1) is 6.92 Å². The van der Waals surface area contributed by atoms with E-state index in [1.54, 1.807) is 13.0 Å². The Bertz CT molecular complexity index is 637. The van der Waals surface area contributed by atoms with Gasteiger partial charge in [-0.1, -0.05) is 30.3 Å². The van der Waals surface area contributed by atoms with Crippen LogP contribution in [0.3, 0.4) is 0 Å². The van der Waals surface area contributed by atoms with E-state index in [9.17, 15) is 4.79 Å². The van der Waals surface area contributed by atoms with E-state index >= 15 is 0 Å². The summed E-state index contributed by atoms with van der Waals surface area (Å²) < 4.78 is 16.7. The lowest BCUT2D eigenvalue weighted by molar-refractivity contribution is -0.0736. The van der Waals surface area contributed by atoms with Crippen LogP contribution in [0.5, 0.6) is 0 Å². The fourth-order valence-electron chi connectivity index (χ4n) is 2.69. The molecule has 1 aromatic carbocycles. The molecule has 5 heteroatoms. The molecule has 0 aliphatic carbocycles. The summed E-state index contributed by atoms with van der Waals surface area (Å²) in [6, 6.07) is 11.6. The second kappa shape index (κ2) is 7.44. The van der Waals surface area contributed by atoms with Crippen LogP contribution in [0.2, 0.25) is 0 Å².